The number of carboxylic acids is 1. The van der Waals surface area contributed by atoms with Crippen LogP contribution in [0, 0.1) is 5.41 Å². The Bertz CT molecular complexity index is 466. The number of hydrogen-bond donors (Lipinski definition) is 1. The van der Waals surface area contributed by atoms with Gasteiger partial charge in [-0.05, 0) is 57.3 Å². The molecule has 0 rings (SSSR count). The summed E-state index contributed by atoms with van der Waals surface area (Å²) >= 11 is 0. The molecule has 0 aliphatic rings. The molecule has 0 amide bonds. The summed E-state index contributed by atoms with van der Waals surface area (Å²) in [5.41, 5.74) is 3.46. The van der Waals surface area contributed by atoms with Gasteiger partial charge in [-0.1, -0.05) is 40.2 Å². The summed E-state index contributed by atoms with van der Waals surface area (Å²) < 4.78 is 6.59. The van der Waals surface area contributed by atoms with Crippen molar-refractivity contribution in [2.45, 2.75) is 97.9 Å². The van der Waals surface area contributed by atoms with Crippen LogP contribution in [-0.2, 0) is 9.22 Å². The van der Waals surface area contributed by atoms with Crippen LogP contribution in [0.1, 0.15) is 73.6 Å². The fourth-order valence-corrected chi connectivity index (χ4v) is 3.64. The molecule has 0 aromatic heterocycles. The second-order valence-electron chi connectivity index (χ2n) is 9.10. The maximum atomic E-state index is 11.2. The SMILES string of the molecule is C=C=C(C)C[C@@H](CCCCC(C)(C)C(=O)O)O[Si](C)(C)C(C)(C)C. The molecule has 0 radical (unpaired) electrons. The van der Waals surface area contributed by atoms with E-state index in [9.17, 15) is 9.90 Å². The minimum absolute atomic E-state index is 0.174. The van der Waals surface area contributed by atoms with Crippen molar-refractivity contribution in [2.75, 3.05) is 0 Å². The summed E-state index contributed by atoms with van der Waals surface area (Å²) in [5.74, 6) is -0.720. The van der Waals surface area contributed by atoms with Crippen molar-refractivity contribution in [1.29, 1.82) is 0 Å². The first-order valence-corrected chi connectivity index (χ1v) is 11.9. The minimum atomic E-state index is -1.82. The van der Waals surface area contributed by atoms with E-state index in [1.54, 1.807) is 13.8 Å². The molecule has 0 fully saturated rings. The van der Waals surface area contributed by atoms with Crippen molar-refractivity contribution in [1.82, 2.24) is 0 Å². The highest BCUT2D eigenvalue weighted by atomic mass is 28.4. The van der Waals surface area contributed by atoms with Crippen LogP contribution < -0.4 is 0 Å². The van der Waals surface area contributed by atoms with Gasteiger partial charge in [0, 0.05) is 12.5 Å². The quantitative estimate of drug-likeness (QED) is 0.290. The van der Waals surface area contributed by atoms with Crippen molar-refractivity contribution >= 4 is 14.3 Å². The lowest BCUT2D eigenvalue weighted by molar-refractivity contribution is -0.147. The van der Waals surface area contributed by atoms with Gasteiger partial charge in [0.05, 0.1) is 5.41 Å². The first-order valence-electron chi connectivity index (χ1n) is 8.99. The van der Waals surface area contributed by atoms with Gasteiger partial charge in [-0.3, -0.25) is 4.79 Å². The van der Waals surface area contributed by atoms with Crippen molar-refractivity contribution in [3.05, 3.63) is 17.9 Å². The molecule has 0 aromatic carbocycles. The van der Waals surface area contributed by atoms with E-state index in [1.165, 1.54) is 0 Å². The van der Waals surface area contributed by atoms with Crippen molar-refractivity contribution in [3.8, 4) is 0 Å². The summed E-state index contributed by atoms with van der Waals surface area (Å²) in [6, 6.07) is 0. The normalized spacial score (nSPS) is 14.2. The van der Waals surface area contributed by atoms with Gasteiger partial charge < -0.3 is 9.53 Å². The van der Waals surface area contributed by atoms with Crippen LogP contribution in [-0.4, -0.2) is 25.5 Å². The van der Waals surface area contributed by atoms with E-state index in [0.717, 1.165) is 31.3 Å². The van der Waals surface area contributed by atoms with Crippen molar-refractivity contribution in [3.63, 3.8) is 0 Å². The lowest BCUT2D eigenvalue weighted by atomic mass is 9.87. The Labute approximate surface area is 150 Å². The van der Waals surface area contributed by atoms with Crippen LogP contribution in [0.4, 0.5) is 0 Å². The third kappa shape index (κ3) is 7.83. The third-order valence-electron chi connectivity index (χ3n) is 5.26. The standard InChI is InChI=1S/C20H38O3Si/c1-10-16(2)15-17(23-24(8,9)19(3,4)5)13-11-12-14-20(6,7)18(21)22/h17H,1,11-15H2,2-9H3,(H,21,22)/t17-/m1/s1. The van der Waals surface area contributed by atoms with E-state index in [4.69, 9.17) is 4.43 Å². The number of aliphatic carboxylic acids is 1. The average Bonchev–Trinajstić information content (AvgIpc) is 2.41. The smallest absolute Gasteiger partial charge is 0.309 e. The Morgan fingerprint density at radius 2 is 1.75 bits per heavy atom. The van der Waals surface area contributed by atoms with Crippen LogP contribution >= 0.6 is 0 Å². The van der Waals surface area contributed by atoms with Crippen LogP contribution in [0.2, 0.25) is 18.1 Å². The zero-order valence-electron chi connectivity index (χ0n) is 17.1. The summed E-state index contributed by atoms with van der Waals surface area (Å²) in [4.78, 5) is 11.2. The Morgan fingerprint density at radius 1 is 1.21 bits per heavy atom. The fraction of sp³-hybridized carbons (Fsp3) is 0.800. The van der Waals surface area contributed by atoms with E-state index >= 15 is 0 Å². The molecular formula is C20H38O3Si. The maximum absolute atomic E-state index is 11.2. The van der Waals surface area contributed by atoms with Gasteiger partial charge >= 0.3 is 5.97 Å². The molecule has 140 valence electrons. The van der Waals surface area contributed by atoms with Crippen LogP contribution in [0.3, 0.4) is 0 Å². The molecule has 0 bridgehead atoms. The van der Waals surface area contributed by atoms with Gasteiger partial charge in [0.25, 0.3) is 0 Å². The number of unbranched alkanes of at least 4 members (excludes halogenated alkanes) is 1. The molecule has 0 aliphatic heterocycles. The molecule has 0 aliphatic carbocycles. The van der Waals surface area contributed by atoms with E-state index < -0.39 is 19.7 Å². The summed E-state index contributed by atoms with van der Waals surface area (Å²) in [6.07, 6.45) is 4.59. The number of carbonyl (C=O) groups is 1. The van der Waals surface area contributed by atoms with Gasteiger partial charge in [0.1, 0.15) is 0 Å². The highest BCUT2D eigenvalue weighted by Crippen LogP contribution is 2.38. The molecule has 0 unspecified atom stereocenters. The lowest BCUT2D eigenvalue weighted by Gasteiger charge is -2.39. The minimum Gasteiger partial charge on any atom is -0.481 e. The summed E-state index contributed by atoms with van der Waals surface area (Å²) in [7, 11) is -1.82. The molecule has 1 atom stereocenters. The Balaban J connectivity index is 4.76. The van der Waals surface area contributed by atoms with E-state index in [2.05, 4.69) is 46.2 Å². The highest BCUT2D eigenvalue weighted by Gasteiger charge is 2.39. The summed E-state index contributed by atoms with van der Waals surface area (Å²) in [5, 5.41) is 9.39. The van der Waals surface area contributed by atoms with E-state index in [1.807, 2.05) is 6.92 Å². The average molecular weight is 355 g/mol. The van der Waals surface area contributed by atoms with Crippen molar-refractivity contribution < 1.29 is 14.3 Å². The molecule has 0 saturated heterocycles. The number of hydrogen-bond acceptors (Lipinski definition) is 2. The first kappa shape index (κ1) is 23.2. The summed E-state index contributed by atoms with van der Waals surface area (Å²) in [6.45, 7) is 20.7. The number of rotatable bonds is 10. The molecule has 1 N–H and O–H groups in total. The molecule has 24 heavy (non-hydrogen) atoms. The Morgan fingerprint density at radius 3 is 2.17 bits per heavy atom. The zero-order valence-corrected chi connectivity index (χ0v) is 18.1. The zero-order chi connectivity index (χ0) is 19.2. The first-order chi connectivity index (χ1) is 10.7. The van der Waals surface area contributed by atoms with Crippen LogP contribution in [0.25, 0.3) is 0 Å². The molecule has 4 heteroatoms. The van der Waals surface area contributed by atoms with Gasteiger partial charge in [0.2, 0.25) is 0 Å². The molecule has 0 spiro atoms. The predicted octanol–water partition coefficient (Wildman–Crippen LogP) is 6.17. The molecule has 3 nitrogen and oxygen atoms in total. The largest absolute Gasteiger partial charge is 0.481 e. The Hall–Kier alpha value is -0.833. The van der Waals surface area contributed by atoms with Crippen LogP contribution in [0.5, 0.6) is 0 Å². The monoisotopic (exact) mass is 354 g/mol. The van der Waals surface area contributed by atoms with Gasteiger partial charge in [-0.2, -0.15) is 0 Å². The van der Waals surface area contributed by atoms with E-state index in [0.29, 0.717) is 6.42 Å². The fourth-order valence-electron chi connectivity index (χ4n) is 2.26. The second-order valence-corrected chi connectivity index (χ2v) is 13.9. The van der Waals surface area contributed by atoms with Crippen molar-refractivity contribution in [2.24, 2.45) is 5.41 Å². The highest BCUT2D eigenvalue weighted by molar-refractivity contribution is 6.74. The van der Waals surface area contributed by atoms with Crippen LogP contribution in [0.15, 0.2) is 17.9 Å². The molecular weight excluding hydrogens is 316 g/mol. The molecule has 0 aromatic rings. The third-order valence-corrected chi connectivity index (χ3v) is 9.79. The molecule has 0 saturated carbocycles. The van der Waals surface area contributed by atoms with Gasteiger partial charge in [0.15, 0.2) is 8.32 Å². The van der Waals surface area contributed by atoms with E-state index in [-0.39, 0.29) is 11.1 Å². The number of carboxylic acid groups (broad SMARTS) is 1. The van der Waals surface area contributed by atoms with Gasteiger partial charge in [-0.25, -0.2) is 0 Å². The van der Waals surface area contributed by atoms with Gasteiger partial charge in [-0.15, -0.1) is 5.73 Å². The predicted molar refractivity (Wildman–Crippen MR) is 105 cm³/mol. The Kier molecular flexibility index (Phi) is 8.71. The topological polar surface area (TPSA) is 46.5 Å². The molecule has 0 heterocycles. The maximum Gasteiger partial charge on any atom is 0.309 e. The lowest BCUT2D eigenvalue weighted by Crippen LogP contribution is -2.44. The second kappa shape index (κ2) is 9.03.